The molecule has 13 aromatic rings. The summed E-state index contributed by atoms with van der Waals surface area (Å²) < 4.78 is 15.3. The number of aromatic nitrogens is 2. The normalized spacial score (nSPS) is 12.1. The third-order valence-electron chi connectivity index (χ3n) is 12.0. The minimum absolute atomic E-state index is 0.850. The van der Waals surface area contributed by atoms with Crippen molar-refractivity contribution in [2.75, 3.05) is 0 Å². The van der Waals surface area contributed by atoms with Gasteiger partial charge in [0, 0.05) is 39.5 Å². The van der Waals surface area contributed by atoms with E-state index < -0.39 is 0 Å². The van der Waals surface area contributed by atoms with E-state index in [2.05, 4.69) is 191 Å². The van der Waals surface area contributed by atoms with Crippen molar-refractivity contribution in [2.45, 2.75) is 0 Å². The van der Waals surface area contributed by atoms with Gasteiger partial charge in [-0.2, -0.15) is 0 Å². The third-order valence-corrected chi connectivity index (χ3v) is 15.2. The number of halogens is 2. The number of fused-ring (bicyclic) bond motifs is 13. The molecule has 0 bridgehead atoms. The molecule has 0 saturated heterocycles. The fourth-order valence-electron chi connectivity index (χ4n) is 9.12. The number of hydrogen-bond donors (Lipinski definition) is 0. The molecule has 13 rings (SSSR count). The molecule has 0 aliphatic heterocycles. The predicted molar refractivity (Wildman–Crippen MR) is 272 cm³/mol. The Morgan fingerprint density at radius 2 is 0.721 bits per heavy atom. The Balaban J connectivity index is 1.13. The monoisotopic (exact) mass is 1020 g/mol. The largest absolute Gasteiger partial charge is 0.456 e. The van der Waals surface area contributed by atoms with Crippen LogP contribution in [0.15, 0.2) is 179 Å². The summed E-state index contributed by atoms with van der Waals surface area (Å²) in [6.07, 6.45) is 0. The number of thiophene rings is 1. The van der Waals surface area contributed by atoms with Crippen molar-refractivity contribution in [3.63, 3.8) is 0 Å². The molecule has 4 nitrogen and oxygen atoms in total. The molecule has 0 fully saturated rings. The number of hydrogen-bond acceptors (Lipinski definition) is 5. The van der Waals surface area contributed by atoms with E-state index in [-0.39, 0.29) is 0 Å². The second-order valence-electron chi connectivity index (χ2n) is 15.5. The van der Waals surface area contributed by atoms with Gasteiger partial charge in [0.1, 0.15) is 33.4 Å². The molecule has 0 saturated carbocycles. The summed E-state index contributed by atoms with van der Waals surface area (Å²) in [5.74, 6) is 0. The maximum atomic E-state index is 6.43. The van der Waals surface area contributed by atoms with E-state index in [9.17, 15) is 0 Å². The van der Waals surface area contributed by atoms with Crippen molar-refractivity contribution >= 4 is 144 Å². The van der Waals surface area contributed by atoms with Crippen LogP contribution in [0.25, 0.3) is 131 Å². The highest BCUT2D eigenvalue weighted by atomic mass is 127. The van der Waals surface area contributed by atoms with Gasteiger partial charge in [0.05, 0.1) is 20.8 Å². The van der Waals surface area contributed by atoms with Gasteiger partial charge in [-0.1, -0.05) is 109 Å². The van der Waals surface area contributed by atoms with E-state index >= 15 is 0 Å². The van der Waals surface area contributed by atoms with Gasteiger partial charge in [-0.05, 0) is 150 Å². The molecule has 7 heteroatoms. The van der Waals surface area contributed by atoms with Crippen molar-refractivity contribution in [1.29, 1.82) is 0 Å². The molecule has 0 atom stereocenters. The Morgan fingerprint density at radius 1 is 0.328 bits per heavy atom. The summed E-state index contributed by atoms with van der Waals surface area (Å²) in [6.45, 7) is 0. The third kappa shape index (κ3) is 5.53. The summed E-state index contributed by atoms with van der Waals surface area (Å²) in [5.41, 5.74) is 13.8. The maximum Gasteiger partial charge on any atom is 0.136 e. The maximum absolute atomic E-state index is 6.43. The Bertz CT molecular complexity index is 3740. The molecular weight excluding hydrogens is 994 g/mol. The van der Waals surface area contributed by atoms with Gasteiger partial charge in [0.2, 0.25) is 0 Å². The Hall–Kier alpha value is -6.14. The smallest absolute Gasteiger partial charge is 0.136 e. The van der Waals surface area contributed by atoms with Crippen LogP contribution >= 0.6 is 56.5 Å². The summed E-state index contributed by atoms with van der Waals surface area (Å²) in [4.78, 5) is 13.5. The number of para-hydroxylation sites is 2. The van der Waals surface area contributed by atoms with Gasteiger partial charge in [-0.25, -0.2) is 9.97 Å². The first-order valence-electron chi connectivity index (χ1n) is 20.0. The van der Waals surface area contributed by atoms with Crippen molar-refractivity contribution in [3.8, 4) is 43.1 Å². The fraction of sp³-hybridized carbons (Fsp3) is 0. The molecule has 4 heterocycles. The highest BCUT2D eigenvalue weighted by Crippen LogP contribution is 2.47. The van der Waals surface area contributed by atoms with Crippen molar-refractivity contribution < 1.29 is 8.83 Å². The lowest BCUT2D eigenvalue weighted by Gasteiger charge is -2.14. The van der Waals surface area contributed by atoms with Crippen LogP contribution in [0, 0.1) is 7.14 Å². The highest BCUT2D eigenvalue weighted by molar-refractivity contribution is 14.1. The zero-order valence-electron chi connectivity index (χ0n) is 32.0. The molecule has 0 amide bonds. The molecule has 286 valence electrons. The summed E-state index contributed by atoms with van der Waals surface area (Å²) in [6, 6.07) is 60.4. The van der Waals surface area contributed by atoms with Gasteiger partial charge >= 0.3 is 0 Å². The first-order valence-corrected chi connectivity index (χ1v) is 23.0. The van der Waals surface area contributed by atoms with Crippen LogP contribution in [-0.4, -0.2) is 9.97 Å². The van der Waals surface area contributed by atoms with Gasteiger partial charge in [0.15, 0.2) is 0 Å². The number of furan rings is 2. The number of nitrogens with zero attached hydrogens (tertiary/aromatic N) is 2. The van der Waals surface area contributed by atoms with Crippen LogP contribution in [0.4, 0.5) is 0 Å². The van der Waals surface area contributed by atoms with Gasteiger partial charge < -0.3 is 8.83 Å². The van der Waals surface area contributed by atoms with Crippen LogP contribution in [0.1, 0.15) is 0 Å². The van der Waals surface area contributed by atoms with Gasteiger partial charge in [0.25, 0.3) is 0 Å². The standard InChI is InChI=1S/C54H28I2N2O2S/c55-43-13-5-1-9-33(43)29-17-23-39-41(25-29)42-26-30(34-10-2-6-14-44(34)56)18-24-40(42)50-49(39)57-51-52(58-50)54(32-20-22-38-36-12-4-8-16-46(36)60-48(38)28-32)61-53(51)31-19-21-37-35-11-3-7-15-45(35)59-47(37)27-31/h1-28H. The molecule has 0 radical (unpaired) electrons. The fourth-order valence-corrected chi connectivity index (χ4v) is 11.7. The minimum atomic E-state index is 0.850. The molecule has 0 aliphatic rings. The zero-order valence-corrected chi connectivity index (χ0v) is 37.2. The van der Waals surface area contributed by atoms with Crippen molar-refractivity contribution in [3.05, 3.63) is 177 Å². The molecule has 9 aromatic carbocycles. The second kappa shape index (κ2) is 13.7. The van der Waals surface area contributed by atoms with E-state index in [1.165, 1.54) is 29.4 Å². The number of rotatable bonds is 4. The molecule has 0 unspecified atom stereocenters. The molecule has 0 spiro atoms. The second-order valence-corrected chi connectivity index (χ2v) is 18.8. The number of benzene rings is 9. The topological polar surface area (TPSA) is 52.1 Å². The van der Waals surface area contributed by atoms with Crippen LogP contribution in [0.5, 0.6) is 0 Å². The van der Waals surface area contributed by atoms with E-state index in [0.29, 0.717) is 0 Å². The molecular formula is C54H28I2N2O2S. The molecule has 0 aliphatic carbocycles. The lowest BCUT2D eigenvalue weighted by Crippen LogP contribution is -1.93. The summed E-state index contributed by atoms with van der Waals surface area (Å²) in [5, 5.41) is 8.85. The first-order chi connectivity index (χ1) is 30.0. The van der Waals surface area contributed by atoms with Crippen LogP contribution in [0.3, 0.4) is 0 Å². The van der Waals surface area contributed by atoms with E-state index in [1.54, 1.807) is 11.3 Å². The van der Waals surface area contributed by atoms with Crippen molar-refractivity contribution in [2.24, 2.45) is 0 Å². The average Bonchev–Trinajstić information content (AvgIpc) is 3.99. The average molecular weight is 1020 g/mol. The lowest BCUT2D eigenvalue weighted by atomic mass is 9.93. The van der Waals surface area contributed by atoms with E-state index in [0.717, 1.165) is 108 Å². The minimum Gasteiger partial charge on any atom is -0.456 e. The summed E-state index contributed by atoms with van der Waals surface area (Å²) in [7, 11) is 0. The first kappa shape index (κ1) is 35.6. The predicted octanol–water partition coefficient (Wildman–Crippen LogP) is 16.8. The van der Waals surface area contributed by atoms with E-state index in [1.807, 2.05) is 24.3 Å². The summed E-state index contributed by atoms with van der Waals surface area (Å²) >= 11 is 6.61. The van der Waals surface area contributed by atoms with Gasteiger partial charge in [-0.3, -0.25) is 0 Å². The Kier molecular flexibility index (Phi) is 7.99. The van der Waals surface area contributed by atoms with Crippen LogP contribution < -0.4 is 0 Å². The van der Waals surface area contributed by atoms with Crippen molar-refractivity contribution in [1.82, 2.24) is 9.97 Å². The van der Waals surface area contributed by atoms with E-state index in [4.69, 9.17) is 18.8 Å². The molecule has 4 aromatic heterocycles. The highest BCUT2D eigenvalue weighted by Gasteiger charge is 2.23. The van der Waals surface area contributed by atoms with Crippen LogP contribution in [-0.2, 0) is 0 Å². The quantitative estimate of drug-likeness (QED) is 0.130. The SMILES string of the molecule is Ic1ccccc1-c1ccc2c(c1)c1cc(-c3ccccc3I)ccc1c1nc3c(-c4ccc5c(c4)oc4ccccc45)sc(-c4ccc5c(c4)oc4ccccc45)c3nc21. The Morgan fingerprint density at radius 3 is 1.20 bits per heavy atom. The molecule has 0 N–H and O–H groups in total. The molecule has 61 heavy (non-hydrogen) atoms. The lowest BCUT2D eigenvalue weighted by molar-refractivity contribution is 0.668. The van der Waals surface area contributed by atoms with Gasteiger partial charge in [-0.15, -0.1) is 11.3 Å². The Labute approximate surface area is 379 Å². The zero-order chi connectivity index (χ0) is 40.3. The van der Waals surface area contributed by atoms with Crippen LogP contribution in [0.2, 0.25) is 0 Å².